The molecule has 0 aliphatic carbocycles. The van der Waals surface area contributed by atoms with Crippen LogP contribution in [0.5, 0.6) is 0 Å². The number of imidazole rings is 1. The van der Waals surface area contributed by atoms with E-state index >= 15 is 0 Å². The van der Waals surface area contributed by atoms with Gasteiger partial charge in [0.25, 0.3) is 0 Å². The van der Waals surface area contributed by atoms with Gasteiger partial charge in [-0.1, -0.05) is 12.1 Å². The number of fused-ring (bicyclic) bond motifs is 1. The van der Waals surface area contributed by atoms with Gasteiger partial charge < -0.3 is 14.8 Å². The van der Waals surface area contributed by atoms with Crippen molar-refractivity contribution in [3.05, 3.63) is 30.1 Å². The molecule has 1 amide bonds. The summed E-state index contributed by atoms with van der Waals surface area (Å²) in [6.45, 7) is 2.05. The SMILES string of the molecule is CNC1CCCN(C(=O)Cn2c(CSC)nc3ccccc32)C1.Cl.Cl. The van der Waals surface area contributed by atoms with Crippen molar-refractivity contribution in [1.29, 1.82) is 0 Å². The number of aromatic nitrogens is 2. The standard InChI is InChI=1S/C17H24N4OS.2ClH/c1-18-13-6-5-9-20(10-13)17(22)11-21-15-8-4-3-7-14(15)19-16(21)12-23-2;;/h3-4,7-8,13,18H,5-6,9-12H2,1-2H3;2*1H. The number of piperidine rings is 1. The number of hydrogen-bond donors (Lipinski definition) is 1. The van der Waals surface area contributed by atoms with E-state index in [1.165, 1.54) is 0 Å². The van der Waals surface area contributed by atoms with Gasteiger partial charge in [-0.15, -0.1) is 24.8 Å². The summed E-state index contributed by atoms with van der Waals surface area (Å²) in [5, 5.41) is 3.29. The highest BCUT2D eigenvalue weighted by molar-refractivity contribution is 7.97. The van der Waals surface area contributed by atoms with Gasteiger partial charge >= 0.3 is 0 Å². The van der Waals surface area contributed by atoms with Gasteiger partial charge in [0.1, 0.15) is 12.4 Å². The monoisotopic (exact) mass is 404 g/mol. The van der Waals surface area contributed by atoms with Gasteiger partial charge in [0, 0.05) is 19.1 Å². The van der Waals surface area contributed by atoms with Gasteiger partial charge in [-0.2, -0.15) is 11.8 Å². The first-order valence-corrected chi connectivity index (χ1v) is 9.50. The van der Waals surface area contributed by atoms with Crippen LogP contribution in [0.15, 0.2) is 24.3 Å². The molecule has 1 N–H and O–H groups in total. The van der Waals surface area contributed by atoms with Crippen molar-refractivity contribution >= 4 is 53.5 Å². The molecule has 1 aliphatic rings. The Balaban J connectivity index is 0.00000156. The Morgan fingerprint density at radius 3 is 2.84 bits per heavy atom. The van der Waals surface area contributed by atoms with Gasteiger partial charge in [0.2, 0.25) is 5.91 Å². The first-order valence-electron chi connectivity index (χ1n) is 8.11. The zero-order valence-electron chi connectivity index (χ0n) is 14.6. The van der Waals surface area contributed by atoms with Crippen molar-refractivity contribution < 1.29 is 4.79 Å². The maximum Gasteiger partial charge on any atom is 0.242 e. The number of likely N-dealkylation sites (N-methyl/N-ethyl adjacent to an activating group) is 1. The quantitative estimate of drug-likeness (QED) is 0.831. The zero-order chi connectivity index (χ0) is 16.2. The molecule has 2 aromatic rings. The van der Waals surface area contributed by atoms with E-state index in [0.29, 0.717) is 12.6 Å². The highest BCUT2D eigenvalue weighted by Gasteiger charge is 2.23. The number of likely N-dealkylation sites (tertiary alicyclic amines) is 1. The molecular formula is C17H26Cl2N4OS. The molecule has 1 aromatic heterocycles. The number of nitrogens with one attached hydrogen (secondary N) is 1. The number of benzene rings is 1. The van der Waals surface area contributed by atoms with Gasteiger partial charge in [-0.3, -0.25) is 4.79 Å². The molecule has 1 aliphatic heterocycles. The lowest BCUT2D eigenvalue weighted by Crippen LogP contribution is -2.47. The second kappa shape index (κ2) is 10.3. The fourth-order valence-electron chi connectivity index (χ4n) is 3.22. The minimum atomic E-state index is 0. The van der Waals surface area contributed by atoms with Gasteiger partial charge in [0.15, 0.2) is 0 Å². The van der Waals surface area contributed by atoms with Crippen LogP contribution in [0.4, 0.5) is 0 Å². The second-order valence-electron chi connectivity index (χ2n) is 6.00. The number of amides is 1. The highest BCUT2D eigenvalue weighted by atomic mass is 35.5. The van der Waals surface area contributed by atoms with E-state index in [0.717, 1.165) is 48.5 Å². The number of nitrogens with zero attached hydrogens (tertiary/aromatic N) is 3. The summed E-state index contributed by atoms with van der Waals surface area (Å²) in [5.41, 5.74) is 2.02. The lowest BCUT2D eigenvalue weighted by molar-refractivity contribution is -0.133. The summed E-state index contributed by atoms with van der Waals surface area (Å²) in [7, 11) is 1.97. The molecular weight excluding hydrogens is 379 g/mol. The Morgan fingerprint density at radius 2 is 2.12 bits per heavy atom. The summed E-state index contributed by atoms with van der Waals surface area (Å²) in [4.78, 5) is 19.4. The molecule has 8 heteroatoms. The van der Waals surface area contributed by atoms with Crippen molar-refractivity contribution in [2.24, 2.45) is 0 Å². The predicted molar refractivity (Wildman–Crippen MR) is 110 cm³/mol. The molecule has 25 heavy (non-hydrogen) atoms. The van der Waals surface area contributed by atoms with Crippen LogP contribution < -0.4 is 5.32 Å². The van der Waals surface area contributed by atoms with Crippen LogP contribution in [-0.2, 0) is 17.1 Å². The average molecular weight is 405 g/mol. The molecule has 1 aromatic carbocycles. The summed E-state index contributed by atoms with van der Waals surface area (Å²) >= 11 is 1.73. The number of thioether (sulfide) groups is 1. The van der Waals surface area contributed by atoms with Gasteiger partial charge in [0.05, 0.1) is 16.8 Å². The summed E-state index contributed by atoms with van der Waals surface area (Å²) in [6.07, 6.45) is 4.28. The van der Waals surface area contributed by atoms with E-state index in [4.69, 9.17) is 4.98 Å². The lowest BCUT2D eigenvalue weighted by atomic mass is 10.1. The van der Waals surface area contributed by atoms with Crippen molar-refractivity contribution in [2.45, 2.75) is 31.2 Å². The van der Waals surface area contributed by atoms with E-state index in [9.17, 15) is 4.79 Å². The maximum atomic E-state index is 12.8. The number of carbonyl (C=O) groups excluding carboxylic acids is 1. The van der Waals surface area contributed by atoms with E-state index in [-0.39, 0.29) is 30.7 Å². The van der Waals surface area contributed by atoms with Crippen LogP contribution in [0, 0.1) is 0 Å². The minimum absolute atomic E-state index is 0. The van der Waals surface area contributed by atoms with Crippen LogP contribution in [0.25, 0.3) is 11.0 Å². The van der Waals surface area contributed by atoms with Crippen LogP contribution in [0.3, 0.4) is 0 Å². The van der Waals surface area contributed by atoms with Crippen LogP contribution in [-0.4, -0.2) is 52.8 Å². The molecule has 5 nitrogen and oxygen atoms in total. The summed E-state index contributed by atoms with van der Waals surface area (Å²) < 4.78 is 2.08. The van der Waals surface area contributed by atoms with E-state index in [1.807, 2.05) is 36.2 Å². The minimum Gasteiger partial charge on any atom is -0.340 e. The number of rotatable bonds is 5. The molecule has 1 fully saturated rings. The summed E-state index contributed by atoms with van der Waals surface area (Å²) in [5.74, 6) is 1.99. The number of para-hydroxylation sites is 2. The normalized spacial score (nSPS) is 17.0. The van der Waals surface area contributed by atoms with E-state index < -0.39 is 0 Å². The first-order chi connectivity index (χ1) is 11.2. The predicted octanol–water partition coefficient (Wildman–Crippen LogP) is 2.95. The molecule has 1 unspecified atom stereocenters. The molecule has 0 spiro atoms. The maximum absolute atomic E-state index is 12.8. The molecule has 0 radical (unpaired) electrons. The van der Waals surface area contributed by atoms with Crippen LogP contribution in [0.2, 0.25) is 0 Å². The number of carbonyl (C=O) groups is 1. The Hall–Kier alpha value is -0.950. The molecule has 1 atom stereocenters. The zero-order valence-corrected chi connectivity index (χ0v) is 17.1. The average Bonchev–Trinajstić information content (AvgIpc) is 2.93. The Morgan fingerprint density at radius 1 is 1.36 bits per heavy atom. The third-order valence-electron chi connectivity index (χ3n) is 4.48. The Bertz CT molecular complexity index is 694. The van der Waals surface area contributed by atoms with Crippen molar-refractivity contribution in [3.63, 3.8) is 0 Å². The van der Waals surface area contributed by atoms with Gasteiger partial charge in [-0.05, 0) is 38.3 Å². The molecule has 0 saturated carbocycles. The second-order valence-corrected chi connectivity index (χ2v) is 6.87. The lowest BCUT2D eigenvalue weighted by Gasteiger charge is -2.32. The van der Waals surface area contributed by atoms with Crippen LogP contribution >= 0.6 is 36.6 Å². The van der Waals surface area contributed by atoms with Crippen molar-refractivity contribution in [3.8, 4) is 0 Å². The highest BCUT2D eigenvalue weighted by Crippen LogP contribution is 2.20. The third-order valence-corrected chi connectivity index (χ3v) is 5.03. The van der Waals surface area contributed by atoms with Crippen molar-refractivity contribution in [2.75, 3.05) is 26.4 Å². The van der Waals surface area contributed by atoms with Crippen molar-refractivity contribution in [1.82, 2.24) is 19.8 Å². The molecule has 2 heterocycles. The molecule has 0 bridgehead atoms. The first kappa shape index (κ1) is 22.1. The number of hydrogen-bond acceptors (Lipinski definition) is 4. The topological polar surface area (TPSA) is 50.2 Å². The smallest absolute Gasteiger partial charge is 0.242 e. The van der Waals surface area contributed by atoms with E-state index in [2.05, 4.69) is 16.1 Å². The molecule has 140 valence electrons. The third kappa shape index (κ3) is 5.03. The largest absolute Gasteiger partial charge is 0.340 e. The Labute approximate surface area is 165 Å². The Kier molecular flexibility index (Phi) is 9.07. The fourth-order valence-corrected chi connectivity index (χ4v) is 3.69. The molecule has 1 saturated heterocycles. The summed E-state index contributed by atoms with van der Waals surface area (Å²) in [6, 6.07) is 8.47. The van der Waals surface area contributed by atoms with Gasteiger partial charge in [-0.25, -0.2) is 4.98 Å². The fraction of sp³-hybridized carbons (Fsp3) is 0.529. The van der Waals surface area contributed by atoms with E-state index in [1.54, 1.807) is 11.8 Å². The molecule has 3 rings (SSSR count). The van der Waals surface area contributed by atoms with Crippen LogP contribution in [0.1, 0.15) is 18.7 Å². The number of halogens is 2.